The number of anilines is 1. The smallest absolute Gasteiger partial charge is 0.243 e. The third-order valence-electron chi connectivity index (χ3n) is 5.91. The van der Waals surface area contributed by atoms with Crippen molar-refractivity contribution in [3.8, 4) is 0 Å². The third kappa shape index (κ3) is 5.55. The Labute approximate surface area is 169 Å². The van der Waals surface area contributed by atoms with E-state index in [1.54, 1.807) is 24.3 Å². The molecule has 0 bridgehead atoms. The molecular formula is C21H33N3O3S. The van der Waals surface area contributed by atoms with Gasteiger partial charge in [-0.1, -0.05) is 38.2 Å². The van der Waals surface area contributed by atoms with Gasteiger partial charge in [-0.05, 0) is 50.9 Å². The minimum absolute atomic E-state index is 0.0970. The van der Waals surface area contributed by atoms with Crippen LogP contribution in [0.1, 0.15) is 57.8 Å². The van der Waals surface area contributed by atoms with E-state index in [0.717, 1.165) is 25.7 Å². The maximum absolute atomic E-state index is 12.7. The van der Waals surface area contributed by atoms with Crippen LogP contribution in [0.2, 0.25) is 0 Å². The SMILES string of the molecule is CN(CC(=O)Nc1cccc(S(=O)(=O)N2CCCC2)c1)C1CCCCCCC1. The fourth-order valence-corrected chi connectivity index (χ4v) is 5.81. The molecule has 0 spiro atoms. The Kier molecular flexibility index (Phi) is 7.48. The quantitative estimate of drug-likeness (QED) is 0.784. The first kappa shape index (κ1) is 21.3. The summed E-state index contributed by atoms with van der Waals surface area (Å²) >= 11 is 0. The van der Waals surface area contributed by atoms with Crippen LogP contribution >= 0.6 is 0 Å². The van der Waals surface area contributed by atoms with Crippen molar-refractivity contribution < 1.29 is 13.2 Å². The lowest BCUT2D eigenvalue weighted by Crippen LogP contribution is -2.38. The van der Waals surface area contributed by atoms with E-state index in [9.17, 15) is 13.2 Å². The zero-order chi connectivity index (χ0) is 20.0. The molecule has 0 aromatic heterocycles. The molecule has 7 heteroatoms. The molecule has 1 aromatic rings. The topological polar surface area (TPSA) is 69.7 Å². The number of benzene rings is 1. The molecule has 28 heavy (non-hydrogen) atoms. The molecule has 1 aromatic carbocycles. The van der Waals surface area contributed by atoms with Gasteiger partial charge >= 0.3 is 0 Å². The van der Waals surface area contributed by atoms with E-state index >= 15 is 0 Å². The molecule has 0 atom stereocenters. The van der Waals surface area contributed by atoms with Gasteiger partial charge in [0.05, 0.1) is 11.4 Å². The van der Waals surface area contributed by atoms with E-state index in [0.29, 0.717) is 31.4 Å². The molecule has 156 valence electrons. The predicted molar refractivity (Wildman–Crippen MR) is 112 cm³/mol. The van der Waals surface area contributed by atoms with Gasteiger partial charge in [-0.2, -0.15) is 4.31 Å². The number of nitrogens with one attached hydrogen (secondary N) is 1. The van der Waals surface area contributed by atoms with Crippen molar-refractivity contribution in [1.29, 1.82) is 0 Å². The summed E-state index contributed by atoms with van der Waals surface area (Å²) in [6, 6.07) is 7.06. The number of likely N-dealkylation sites (N-methyl/N-ethyl adjacent to an activating group) is 1. The van der Waals surface area contributed by atoms with E-state index in [2.05, 4.69) is 10.2 Å². The van der Waals surface area contributed by atoms with Crippen LogP contribution in [0.25, 0.3) is 0 Å². The number of amides is 1. The Hall–Kier alpha value is -1.44. The largest absolute Gasteiger partial charge is 0.325 e. The molecule has 0 radical (unpaired) electrons. The average Bonchev–Trinajstić information content (AvgIpc) is 3.17. The zero-order valence-corrected chi connectivity index (χ0v) is 17.7. The second kappa shape index (κ2) is 9.85. The highest BCUT2D eigenvalue weighted by molar-refractivity contribution is 7.89. The normalized spacial score (nSPS) is 20.1. The second-order valence-electron chi connectivity index (χ2n) is 8.10. The van der Waals surface area contributed by atoms with Crippen molar-refractivity contribution in [3.05, 3.63) is 24.3 Å². The molecular weight excluding hydrogens is 374 g/mol. The lowest BCUT2D eigenvalue weighted by molar-refractivity contribution is -0.117. The first-order valence-corrected chi connectivity index (χ1v) is 12.0. The Morgan fingerprint density at radius 1 is 1.07 bits per heavy atom. The standard InChI is InChI=1S/C21H33N3O3S/c1-23(19-11-5-3-2-4-6-12-19)17-21(25)22-18-10-9-13-20(16-18)28(26,27)24-14-7-8-15-24/h9-10,13,16,19H,2-8,11-12,14-15,17H2,1H3,(H,22,25). The molecule has 1 saturated heterocycles. The Morgan fingerprint density at radius 3 is 2.39 bits per heavy atom. The second-order valence-corrected chi connectivity index (χ2v) is 10.0. The van der Waals surface area contributed by atoms with E-state index in [4.69, 9.17) is 0 Å². The van der Waals surface area contributed by atoms with Gasteiger partial charge in [0.2, 0.25) is 15.9 Å². The van der Waals surface area contributed by atoms with Crippen molar-refractivity contribution in [2.24, 2.45) is 0 Å². The van der Waals surface area contributed by atoms with Crippen LogP contribution in [0, 0.1) is 0 Å². The maximum atomic E-state index is 12.7. The van der Waals surface area contributed by atoms with Gasteiger partial charge in [0.1, 0.15) is 0 Å². The third-order valence-corrected chi connectivity index (χ3v) is 7.81. The fourth-order valence-electron chi connectivity index (χ4n) is 4.24. The van der Waals surface area contributed by atoms with Gasteiger partial charge in [-0.15, -0.1) is 0 Å². The minimum atomic E-state index is -3.47. The van der Waals surface area contributed by atoms with Crippen LogP contribution in [-0.4, -0.2) is 56.3 Å². The molecule has 0 unspecified atom stereocenters. The molecule has 1 aliphatic carbocycles. The molecule has 2 aliphatic rings. The van der Waals surface area contributed by atoms with E-state index in [1.807, 2.05) is 7.05 Å². The van der Waals surface area contributed by atoms with Crippen molar-refractivity contribution in [2.75, 3.05) is 32.0 Å². The van der Waals surface area contributed by atoms with Gasteiger partial charge in [0, 0.05) is 24.8 Å². The van der Waals surface area contributed by atoms with Gasteiger partial charge in [0.25, 0.3) is 0 Å². The molecule has 1 amide bonds. The van der Waals surface area contributed by atoms with E-state index < -0.39 is 10.0 Å². The highest BCUT2D eigenvalue weighted by Crippen LogP contribution is 2.24. The number of nitrogens with zero attached hydrogens (tertiary/aromatic N) is 2. The van der Waals surface area contributed by atoms with Crippen LogP contribution in [0.3, 0.4) is 0 Å². The summed E-state index contributed by atoms with van der Waals surface area (Å²) in [5.74, 6) is -0.0970. The summed E-state index contributed by atoms with van der Waals surface area (Å²) in [6.45, 7) is 1.48. The van der Waals surface area contributed by atoms with Crippen LogP contribution in [0.15, 0.2) is 29.2 Å². The van der Waals surface area contributed by atoms with Crippen molar-refractivity contribution in [2.45, 2.75) is 68.7 Å². The molecule has 2 fully saturated rings. The fraction of sp³-hybridized carbons (Fsp3) is 0.667. The van der Waals surface area contributed by atoms with E-state index in [1.165, 1.54) is 36.4 Å². The Balaban J connectivity index is 1.59. The average molecular weight is 408 g/mol. The monoisotopic (exact) mass is 407 g/mol. The summed E-state index contributed by atoms with van der Waals surface area (Å²) < 4.78 is 27.0. The van der Waals surface area contributed by atoms with Crippen molar-refractivity contribution >= 4 is 21.6 Å². The summed E-state index contributed by atoms with van der Waals surface area (Å²) in [7, 11) is -1.46. The Morgan fingerprint density at radius 2 is 1.71 bits per heavy atom. The molecule has 3 rings (SSSR count). The molecule has 1 aliphatic heterocycles. The summed E-state index contributed by atoms with van der Waals surface area (Å²) in [6.07, 6.45) is 10.5. The maximum Gasteiger partial charge on any atom is 0.243 e. The lowest BCUT2D eigenvalue weighted by atomic mass is 9.96. The summed E-state index contributed by atoms with van der Waals surface area (Å²) in [4.78, 5) is 14.9. The molecule has 1 heterocycles. The highest BCUT2D eigenvalue weighted by atomic mass is 32.2. The van der Waals surface area contributed by atoms with Crippen LogP contribution in [0.4, 0.5) is 5.69 Å². The lowest BCUT2D eigenvalue weighted by Gasteiger charge is -2.29. The predicted octanol–water partition coefficient (Wildman–Crippen LogP) is 3.45. The number of hydrogen-bond acceptors (Lipinski definition) is 4. The molecule has 6 nitrogen and oxygen atoms in total. The number of rotatable bonds is 6. The number of hydrogen-bond donors (Lipinski definition) is 1. The number of carbonyl (C=O) groups excluding carboxylic acids is 1. The first-order valence-electron chi connectivity index (χ1n) is 10.6. The van der Waals surface area contributed by atoms with Crippen molar-refractivity contribution in [1.82, 2.24) is 9.21 Å². The van der Waals surface area contributed by atoms with Gasteiger partial charge in [0.15, 0.2) is 0 Å². The molecule has 1 N–H and O–H groups in total. The van der Waals surface area contributed by atoms with Gasteiger partial charge in [-0.25, -0.2) is 8.42 Å². The highest BCUT2D eigenvalue weighted by Gasteiger charge is 2.27. The van der Waals surface area contributed by atoms with E-state index in [-0.39, 0.29) is 10.8 Å². The molecule has 1 saturated carbocycles. The van der Waals surface area contributed by atoms with Gasteiger partial charge in [-0.3, -0.25) is 9.69 Å². The van der Waals surface area contributed by atoms with Crippen molar-refractivity contribution in [3.63, 3.8) is 0 Å². The zero-order valence-electron chi connectivity index (χ0n) is 16.9. The summed E-state index contributed by atoms with van der Waals surface area (Å²) in [5.41, 5.74) is 0.538. The summed E-state index contributed by atoms with van der Waals surface area (Å²) in [5, 5.41) is 2.88. The van der Waals surface area contributed by atoms with Crippen LogP contribution in [-0.2, 0) is 14.8 Å². The number of carbonyl (C=O) groups is 1. The Bertz CT molecular complexity index is 752. The first-order chi connectivity index (χ1) is 13.5. The number of sulfonamides is 1. The van der Waals surface area contributed by atoms with Crippen LogP contribution < -0.4 is 5.32 Å². The van der Waals surface area contributed by atoms with Crippen LogP contribution in [0.5, 0.6) is 0 Å². The van der Waals surface area contributed by atoms with Gasteiger partial charge < -0.3 is 5.32 Å². The minimum Gasteiger partial charge on any atom is -0.325 e.